The first-order valence-electron chi connectivity index (χ1n) is 13.7. The molecule has 0 fully saturated rings. The van der Waals surface area contributed by atoms with Crippen LogP contribution in [0.2, 0.25) is 10.0 Å². The zero-order valence-corrected chi connectivity index (χ0v) is 26.2. The van der Waals surface area contributed by atoms with Gasteiger partial charge < -0.3 is 10.2 Å². The largest absolute Gasteiger partial charge is 0.352 e. The first kappa shape index (κ1) is 33.4. The van der Waals surface area contributed by atoms with Crippen molar-refractivity contribution in [3.8, 4) is 0 Å². The second-order valence-corrected chi connectivity index (χ2v) is 12.9. The summed E-state index contributed by atoms with van der Waals surface area (Å²) in [5, 5.41) is 3.73. The van der Waals surface area contributed by atoms with Crippen LogP contribution in [0.3, 0.4) is 0 Å². The number of carbonyl (C=O) groups is 2. The van der Waals surface area contributed by atoms with E-state index in [1.54, 1.807) is 18.2 Å². The van der Waals surface area contributed by atoms with Gasteiger partial charge in [0, 0.05) is 47.6 Å². The maximum absolute atomic E-state index is 13.9. The van der Waals surface area contributed by atoms with E-state index in [1.807, 2.05) is 44.2 Å². The van der Waals surface area contributed by atoms with Crippen molar-refractivity contribution in [2.24, 2.45) is 0 Å². The van der Waals surface area contributed by atoms with Crippen molar-refractivity contribution in [3.05, 3.63) is 99.8 Å². The molecule has 1 N–H and O–H groups in total. The lowest BCUT2D eigenvalue weighted by Gasteiger charge is -2.33. The number of hydrogen-bond acceptors (Lipinski definition) is 4. The molecular formula is C31H36Cl2FN3O4S. The van der Waals surface area contributed by atoms with Crippen molar-refractivity contribution >= 4 is 50.7 Å². The van der Waals surface area contributed by atoms with Crippen molar-refractivity contribution in [1.82, 2.24) is 10.2 Å². The van der Waals surface area contributed by atoms with Crippen LogP contribution >= 0.6 is 23.2 Å². The number of halogens is 3. The number of benzene rings is 3. The van der Waals surface area contributed by atoms with Crippen molar-refractivity contribution in [3.63, 3.8) is 0 Å². The van der Waals surface area contributed by atoms with Gasteiger partial charge in [-0.2, -0.15) is 0 Å². The van der Waals surface area contributed by atoms with Crippen LogP contribution in [0.15, 0.2) is 72.8 Å². The van der Waals surface area contributed by atoms with E-state index < -0.39 is 21.9 Å². The lowest BCUT2D eigenvalue weighted by Crippen LogP contribution is -2.52. The highest BCUT2D eigenvalue weighted by atomic mass is 35.5. The lowest BCUT2D eigenvalue weighted by molar-refractivity contribution is -0.141. The molecule has 3 rings (SSSR count). The number of rotatable bonds is 14. The highest BCUT2D eigenvalue weighted by Gasteiger charge is 2.32. The van der Waals surface area contributed by atoms with Crippen molar-refractivity contribution in [2.45, 2.75) is 58.2 Å². The van der Waals surface area contributed by atoms with E-state index in [9.17, 15) is 22.4 Å². The van der Waals surface area contributed by atoms with Crippen molar-refractivity contribution < 1.29 is 22.4 Å². The summed E-state index contributed by atoms with van der Waals surface area (Å²) in [5.74, 6) is -1.16. The Morgan fingerprint density at radius 3 is 2.14 bits per heavy atom. The third kappa shape index (κ3) is 9.44. The maximum Gasteiger partial charge on any atom is 0.243 e. The van der Waals surface area contributed by atoms with E-state index in [-0.39, 0.29) is 50.2 Å². The van der Waals surface area contributed by atoms with Crippen LogP contribution in [0.25, 0.3) is 0 Å². The zero-order valence-electron chi connectivity index (χ0n) is 23.9. The highest BCUT2D eigenvalue weighted by Crippen LogP contribution is 2.28. The van der Waals surface area contributed by atoms with E-state index in [4.69, 9.17) is 23.2 Å². The molecule has 0 aliphatic heterocycles. The number of nitrogens with zero attached hydrogens (tertiary/aromatic N) is 2. The number of hydrogen-bond donors (Lipinski definition) is 1. The number of anilines is 1. The molecular weight excluding hydrogens is 600 g/mol. The molecule has 3 aromatic rings. The molecule has 3 aromatic carbocycles. The molecule has 2 atom stereocenters. The standard InChI is InChI=1S/C31H36Cl2FN3O4S/c1-4-22(2)35-31(39)29(20-23-10-6-5-7-11-23)36(21-26-27(32)12-8-13-28(26)33)30(38)14-9-19-37(42(3,40)41)25-17-15-24(34)16-18-25/h5-8,10-13,15-18,22,29H,4,9,14,19-21H2,1-3H3,(H,35,39)/t22-,29+/m0/s1. The molecule has 0 aromatic heterocycles. The number of carbonyl (C=O) groups excluding carboxylic acids is 2. The molecule has 42 heavy (non-hydrogen) atoms. The van der Waals surface area contributed by atoms with Crippen molar-refractivity contribution in [2.75, 3.05) is 17.1 Å². The minimum atomic E-state index is -3.71. The Hall–Kier alpha value is -3.14. The van der Waals surface area contributed by atoms with Crippen LogP contribution < -0.4 is 9.62 Å². The molecule has 0 aliphatic carbocycles. The Labute approximate surface area is 257 Å². The number of amides is 2. The molecule has 0 aliphatic rings. The van der Waals surface area contributed by atoms with Gasteiger partial charge >= 0.3 is 0 Å². The van der Waals surface area contributed by atoms with E-state index >= 15 is 0 Å². The summed E-state index contributed by atoms with van der Waals surface area (Å²) in [7, 11) is -3.71. The smallest absolute Gasteiger partial charge is 0.243 e. The first-order chi connectivity index (χ1) is 19.9. The Kier molecular flexibility index (Phi) is 12.2. The summed E-state index contributed by atoms with van der Waals surface area (Å²) < 4.78 is 39.6. The van der Waals surface area contributed by atoms with Crippen molar-refractivity contribution in [1.29, 1.82) is 0 Å². The molecule has 2 amide bonds. The van der Waals surface area contributed by atoms with Crippen LogP contribution in [-0.4, -0.2) is 50.0 Å². The predicted octanol–water partition coefficient (Wildman–Crippen LogP) is 6.23. The molecule has 0 unspecified atom stereocenters. The average Bonchev–Trinajstić information content (AvgIpc) is 2.94. The summed E-state index contributed by atoms with van der Waals surface area (Å²) in [6, 6.07) is 18.5. The Bertz CT molecular complexity index is 1440. The minimum absolute atomic E-state index is 0.0146. The fourth-order valence-electron chi connectivity index (χ4n) is 4.46. The third-order valence-corrected chi connectivity index (χ3v) is 8.83. The van der Waals surface area contributed by atoms with Crippen LogP contribution in [0.4, 0.5) is 10.1 Å². The molecule has 226 valence electrons. The van der Waals surface area contributed by atoms with Crippen LogP contribution in [0, 0.1) is 5.82 Å². The van der Waals surface area contributed by atoms with Gasteiger partial charge in [0.1, 0.15) is 11.9 Å². The van der Waals surface area contributed by atoms with Gasteiger partial charge in [0.15, 0.2) is 0 Å². The Morgan fingerprint density at radius 2 is 1.57 bits per heavy atom. The Balaban J connectivity index is 1.93. The first-order valence-corrected chi connectivity index (χ1v) is 16.3. The summed E-state index contributed by atoms with van der Waals surface area (Å²) >= 11 is 13.0. The van der Waals surface area contributed by atoms with Gasteiger partial charge in [-0.1, -0.05) is 66.5 Å². The number of sulfonamides is 1. The number of nitrogens with one attached hydrogen (secondary N) is 1. The molecule has 11 heteroatoms. The van der Waals surface area contributed by atoms with E-state index in [2.05, 4.69) is 5.32 Å². The lowest BCUT2D eigenvalue weighted by atomic mass is 10.0. The quantitative estimate of drug-likeness (QED) is 0.227. The fourth-order valence-corrected chi connectivity index (χ4v) is 5.94. The van der Waals surface area contributed by atoms with E-state index in [0.717, 1.165) is 16.1 Å². The average molecular weight is 637 g/mol. The van der Waals surface area contributed by atoms with E-state index in [0.29, 0.717) is 27.7 Å². The monoisotopic (exact) mass is 635 g/mol. The molecule has 0 spiro atoms. The minimum Gasteiger partial charge on any atom is -0.352 e. The van der Waals surface area contributed by atoms with Gasteiger partial charge in [-0.3, -0.25) is 13.9 Å². The zero-order chi connectivity index (χ0) is 30.9. The molecule has 0 saturated carbocycles. The molecule has 0 heterocycles. The summed E-state index contributed by atoms with van der Waals surface area (Å²) in [4.78, 5) is 29.0. The topological polar surface area (TPSA) is 86.8 Å². The second kappa shape index (κ2) is 15.4. The molecule has 7 nitrogen and oxygen atoms in total. The predicted molar refractivity (Wildman–Crippen MR) is 167 cm³/mol. The third-order valence-electron chi connectivity index (χ3n) is 6.93. The summed E-state index contributed by atoms with van der Waals surface area (Å²) in [6.45, 7) is 3.82. The van der Waals surface area contributed by atoms with Crippen LogP contribution in [0.5, 0.6) is 0 Å². The normalized spacial score (nSPS) is 12.8. The van der Waals surface area contributed by atoms with Crippen LogP contribution in [-0.2, 0) is 32.6 Å². The fraction of sp³-hybridized carbons (Fsp3) is 0.355. The summed E-state index contributed by atoms with van der Waals surface area (Å²) in [6.07, 6.45) is 2.11. The van der Waals surface area contributed by atoms with Gasteiger partial charge in [0.05, 0.1) is 11.9 Å². The maximum atomic E-state index is 13.9. The van der Waals surface area contributed by atoms with Gasteiger partial charge in [-0.25, -0.2) is 12.8 Å². The SMILES string of the molecule is CC[C@H](C)NC(=O)[C@@H](Cc1ccccc1)N(Cc1c(Cl)cccc1Cl)C(=O)CCCN(c1ccc(F)cc1)S(C)(=O)=O. The molecule has 0 radical (unpaired) electrons. The van der Waals surface area contributed by atoms with Gasteiger partial charge in [0.25, 0.3) is 0 Å². The molecule has 0 saturated heterocycles. The second-order valence-electron chi connectivity index (χ2n) is 10.2. The van der Waals surface area contributed by atoms with Gasteiger partial charge in [-0.15, -0.1) is 0 Å². The van der Waals surface area contributed by atoms with Crippen LogP contribution in [0.1, 0.15) is 44.2 Å². The summed E-state index contributed by atoms with van der Waals surface area (Å²) in [5.41, 5.74) is 1.66. The van der Waals surface area contributed by atoms with Gasteiger partial charge in [0.2, 0.25) is 21.8 Å². The molecule has 0 bridgehead atoms. The highest BCUT2D eigenvalue weighted by molar-refractivity contribution is 7.92. The van der Waals surface area contributed by atoms with E-state index in [1.165, 1.54) is 29.2 Å². The van der Waals surface area contributed by atoms with Gasteiger partial charge in [-0.05, 0) is 61.7 Å². The Morgan fingerprint density at radius 1 is 0.952 bits per heavy atom.